The Labute approximate surface area is 310 Å². The molecule has 12 nitrogen and oxygen atoms in total. The number of urea groups is 1. The van der Waals surface area contributed by atoms with Crippen LogP contribution < -0.4 is 21.3 Å². The van der Waals surface area contributed by atoms with E-state index in [4.69, 9.17) is 0 Å². The molecule has 0 radical (unpaired) electrons. The van der Waals surface area contributed by atoms with Crippen LogP contribution in [0.25, 0.3) is 0 Å². The Hall–Kier alpha value is -2.70. The van der Waals surface area contributed by atoms with E-state index in [1.54, 1.807) is 25.7 Å². The van der Waals surface area contributed by atoms with Gasteiger partial charge in [-0.05, 0) is 101 Å². The smallest absolute Gasteiger partial charge is 0.315 e. The highest BCUT2D eigenvalue weighted by atomic mass is 32.2. The van der Waals surface area contributed by atoms with E-state index in [2.05, 4.69) is 35.1 Å². The fourth-order valence-corrected chi connectivity index (χ4v) is 11.0. The van der Waals surface area contributed by atoms with Crippen LogP contribution in [0.15, 0.2) is 0 Å². The van der Waals surface area contributed by atoms with E-state index in [1.165, 1.54) is 0 Å². The molecule has 5 aliphatic carbocycles. The van der Waals surface area contributed by atoms with Gasteiger partial charge < -0.3 is 26.2 Å². The minimum Gasteiger partial charge on any atom is -0.347 e. The average Bonchev–Trinajstić information content (AvgIpc) is 4.02. The Bertz CT molecular complexity index is 1530. The molecule has 0 bridgehead atoms. The first-order chi connectivity index (χ1) is 24.3. The van der Waals surface area contributed by atoms with Crippen LogP contribution in [-0.4, -0.2) is 89.6 Å². The maximum Gasteiger partial charge on any atom is 0.315 e. The molecule has 6 rings (SSSR count). The second-order valence-corrected chi connectivity index (χ2v) is 21.9. The molecular formula is C39H63N5O7S. The molecule has 13 heteroatoms. The van der Waals surface area contributed by atoms with Crippen molar-refractivity contribution in [3.05, 3.63) is 0 Å². The van der Waals surface area contributed by atoms with E-state index in [0.717, 1.165) is 77.0 Å². The van der Waals surface area contributed by atoms with Crippen LogP contribution >= 0.6 is 0 Å². The molecule has 0 aromatic rings. The Morgan fingerprint density at radius 1 is 0.846 bits per heavy atom. The molecule has 5 atom stereocenters. The standard InChI is InChI=1S/C39H63N5O7S/c1-36(2,3)52(50,51)23-39(20-8-7-9-21-39)43-35(49)42-31(38(6)18-10-11-19-38)34(48)44-22-26-28(37(26,4)5)29(44)32(46)41-27(17-14-24-12-13-24)30(45)33(47)40-25-15-16-25/h24-29,31H,7-23H2,1-6H3,(H,40,47)(H,41,46)(H2,42,43,49)/t26-,27?,28-,29-,31+/m0/s1. The molecule has 4 N–H and O–H groups in total. The van der Waals surface area contributed by atoms with Crippen molar-refractivity contribution >= 4 is 39.4 Å². The van der Waals surface area contributed by atoms with E-state index in [-0.39, 0.29) is 35.0 Å². The van der Waals surface area contributed by atoms with Crippen molar-refractivity contribution < 1.29 is 32.4 Å². The maximum absolute atomic E-state index is 14.9. The molecule has 1 heterocycles. The van der Waals surface area contributed by atoms with Gasteiger partial charge in [0.1, 0.15) is 12.1 Å². The number of nitrogens with zero attached hydrogens (tertiary/aromatic N) is 1. The average molecular weight is 746 g/mol. The molecule has 5 saturated carbocycles. The second-order valence-electron chi connectivity index (χ2n) is 19.2. The van der Waals surface area contributed by atoms with Crippen LogP contribution in [0.4, 0.5) is 4.79 Å². The first kappa shape index (κ1) is 39.0. The number of amides is 5. The normalized spacial score (nSPS) is 28.6. The summed E-state index contributed by atoms with van der Waals surface area (Å²) < 4.78 is 25.9. The van der Waals surface area contributed by atoms with Gasteiger partial charge in [-0.3, -0.25) is 19.2 Å². The van der Waals surface area contributed by atoms with E-state index < -0.39 is 67.3 Å². The number of fused-ring (bicyclic) bond motifs is 1. The van der Waals surface area contributed by atoms with E-state index in [1.807, 2.05) is 6.92 Å². The number of carbonyl (C=O) groups excluding carboxylic acids is 5. The SMILES string of the molecule is CC1([C@H](NC(=O)NC2(CS(=O)(=O)C(C)(C)C)CCCCC2)C(=O)N2C[C@H]3[C@@H]([C@H]2C(=O)NC(CCC2CC2)C(=O)C(=O)NC2CC2)C3(C)C)CCCC1. The zero-order valence-electron chi connectivity index (χ0n) is 32.3. The van der Waals surface area contributed by atoms with Crippen LogP contribution in [0, 0.1) is 28.6 Å². The molecule has 1 saturated heterocycles. The number of likely N-dealkylation sites (tertiary alicyclic amines) is 1. The molecular weight excluding hydrogens is 683 g/mol. The molecule has 0 aromatic heterocycles. The molecule has 6 aliphatic rings. The molecule has 1 unspecified atom stereocenters. The molecule has 292 valence electrons. The summed E-state index contributed by atoms with van der Waals surface area (Å²) in [7, 11) is -3.56. The van der Waals surface area contributed by atoms with Crippen LogP contribution in [0.5, 0.6) is 0 Å². The predicted molar refractivity (Wildman–Crippen MR) is 198 cm³/mol. The molecule has 0 spiro atoms. The van der Waals surface area contributed by atoms with Crippen LogP contribution in [0.2, 0.25) is 0 Å². The number of sulfone groups is 1. The zero-order chi connectivity index (χ0) is 37.9. The third-order valence-electron chi connectivity index (χ3n) is 13.6. The first-order valence-corrected chi connectivity index (χ1v) is 21.7. The highest BCUT2D eigenvalue weighted by Gasteiger charge is 2.70. The molecule has 5 amide bonds. The lowest BCUT2D eigenvalue weighted by Gasteiger charge is -2.42. The van der Waals surface area contributed by atoms with Gasteiger partial charge in [0.05, 0.1) is 22.1 Å². The zero-order valence-corrected chi connectivity index (χ0v) is 33.1. The summed E-state index contributed by atoms with van der Waals surface area (Å²) in [6, 6.07) is -3.28. The summed E-state index contributed by atoms with van der Waals surface area (Å²) in [5.74, 6) is -1.74. The highest BCUT2D eigenvalue weighted by Crippen LogP contribution is 2.65. The predicted octanol–water partition coefficient (Wildman–Crippen LogP) is 4.16. The number of ketones is 1. The lowest BCUT2D eigenvalue weighted by molar-refractivity contribution is -0.145. The fraction of sp³-hybridized carbons (Fsp3) is 0.872. The van der Waals surface area contributed by atoms with Gasteiger partial charge in [-0.2, -0.15) is 0 Å². The second kappa shape index (κ2) is 14.2. The number of Topliss-reactive ketones (excluding diaryl/α,β-unsaturated/α-hetero) is 1. The Kier molecular flexibility index (Phi) is 10.6. The van der Waals surface area contributed by atoms with Crippen molar-refractivity contribution in [2.45, 2.75) is 172 Å². The van der Waals surface area contributed by atoms with Crippen LogP contribution in [0.1, 0.15) is 138 Å². The summed E-state index contributed by atoms with van der Waals surface area (Å²) in [6.45, 7) is 11.6. The van der Waals surface area contributed by atoms with Crippen LogP contribution in [0.3, 0.4) is 0 Å². The third kappa shape index (κ3) is 8.19. The van der Waals surface area contributed by atoms with Crippen molar-refractivity contribution in [1.29, 1.82) is 0 Å². The van der Waals surface area contributed by atoms with Gasteiger partial charge in [0.2, 0.25) is 17.6 Å². The summed E-state index contributed by atoms with van der Waals surface area (Å²) in [5.41, 5.74) is -1.67. The van der Waals surface area contributed by atoms with E-state index in [9.17, 15) is 32.4 Å². The van der Waals surface area contributed by atoms with Gasteiger partial charge in [0.25, 0.3) is 5.91 Å². The van der Waals surface area contributed by atoms with E-state index >= 15 is 0 Å². The largest absolute Gasteiger partial charge is 0.347 e. The summed E-state index contributed by atoms with van der Waals surface area (Å²) >= 11 is 0. The number of hydrogen-bond acceptors (Lipinski definition) is 7. The van der Waals surface area contributed by atoms with Crippen molar-refractivity contribution in [2.24, 2.45) is 28.6 Å². The topological polar surface area (TPSA) is 171 Å². The monoisotopic (exact) mass is 745 g/mol. The Balaban J connectivity index is 1.22. The van der Waals surface area contributed by atoms with Gasteiger partial charge in [0.15, 0.2) is 9.84 Å². The van der Waals surface area contributed by atoms with Crippen molar-refractivity contribution in [3.8, 4) is 0 Å². The van der Waals surface area contributed by atoms with Crippen molar-refractivity contribution in [3.63, 3.8) is 0 Å². The van der Waals surface area contributed by atoms with Crippen molar-refractivity contribution in [1.82, 2.24) is 26.2 Å². The molecule has 0 aromatic carbocycles. The fourth-order valence-electron chi connectivity index (χ4n) is 9.48. The maximum atomic E-state index is 14.9. The number of hydrogen-bond donors (Lipinski definition) is 4. The van der Waals surface area contributed by atoms with Gasteiger partial charge in [-0.25, -0.2) is 13.2 Å². The van der Waals surface area contributed by atoms with Crippen LogP contribution in [-0.2, 0) is 29.0 Å². The van der Waals surface area contributed by atoms with Gasteiger partial charge in [-0.15, -0.1) is 0 Å². The van der Waals surface area contributed by atoms with Gasteiger partial charge in [0, 0.05) is 12.6 Å². The number of rotatable bonds is 14. The summed E-state index contributed by atoms with van der Waals surface area (Å²) in [6.07, 6.45) is 11.9. The molecule has 52 heavy (non-hydrogen) atoms. The molecule has 1 aliphatic heterocycles. The minimum atomic E-state index is -3.56. The minimum absolute atomic E-state index is 0.0154. The third-order valence-corrected chi connectivity index (χ3v) is 16.4. The Morgan fingerprint density at radius 2 is 1.46 bits per heavy atom. The first-order valence-electron chi connectivity index (χ1n) is 20.0. The van der Waals surface area contributed by atoms with Gasteiger partial charge >= 0.3 is 6.03 Å². The highest BCUT2D eigenvalue weighted by molar-refractivity contribution is 7.92. The lowest BCUT2D eigenvalue weighted by Crippen LogP contribution is -2.64. The number of nitrogens with one attached hydrogen (secondary N) is 4. The lowest BCUT2D eigenvalue weighted by atomic mass is 9.79. The summed E-state index contributed by atoms with van der Waals surface area (Å²) in [4.78, 5) is 71.1. The van der Waals surface area contributed by atoms with Crippen molar-refractivity contribution in [2.75, 3.05) is 12.3 Å². The number of carbonyl (C=O) groups is 5. The number of piperidine rings is 1. The quantitative estimate of drug-likeness (QED) is 0.194. The Morgan fingerprint density at radius 3 is 2.04 bits per heavy atom. The van der Waals surface area contributed by atoms with Gasteiger partial charge in [-0.1, -0.05) is 65.7 Å². The summed E-state index contributed by atoms with van der Waals surface area (Å²) in [5, 5.41) is 11.8. The van der Waals surface area contributed by atoms with E-state index in [0.29, 0.717) is 31.7 Å². The molecule has 6 fully saturated rings.